The van der Waals surface area contributed by atoms with Crippen molar-refractivity contribution in [2.75, 3.05) is 0 Å². The number of alkyl halides is 16. The van der Waals surface area contributed by atoms with Crippen LogP contribution in [0.15, 0.2) is 0 Å². The lowest BCUT2D eigenvalue weighted by atomic mass is 9.91. The molecule has 0 aromatic carbocycles. The quantitative estimate of drug-likeness (QED) is 0.623. The lowest BCUT2D eigenvalue weighted by molar-refractivity contribution is -0.449. The maximum atomic E-state index is 12.8. The molecule has 0 bridgehead atoms. The molecule has 0 aliphatic rings. The molecule has 0 saturated carbocycles. The Hall–Kier alpha value is -1.16. The number of hydrogen-bond acceptors (Lipinski definition) is 1. The van der Waals surface area contributed by atoms with Crippen LogP contribution in [0.1, 0.15) is 0 Å². The molecule has 0 radical (unpaired) electrons. The predicted octanol–water partition coefficient (Wildman–Crippen LogP) is 4.65. The van der Waals surface area contributed by atoms with E-state index in [9.17, 15) is 70.2 Å². The van der Waals surface area contributed by atoms with E-state index in [4.69, 9.17) is 5.11 Å². The van der Waals surface area contributed by atoms with Crippen LogP contribution in [-0.4, -0.2) is 53.2 Å². The van der Waals surface area contributed by atoms with Gasteiger partial charge in [0.1, 0.15) is 0 Å². The van der Waals surface area contributed by atoms with Crippen LogP contribution in [-0.2, 0) is 0 Å². The van der Waals surface area contributed by atoms with Crippen LogP contribution < -0.4 is 0 Å². The zero-order chi connectivity index (χ0) is 21.1. The summed E-state index contributed by atoms with van der Waals surface area (Å²) in [6.45, 7) is 0. The Labute approximate surface area is 125 Å². The van der Waals surface area contributed by atoms with Crippen LogP contribution in [0.3, 0.4) is 0 Å². The van der Waals surface area contributed by atoms with Crippen molar-refractivity contribution in [1.29, 1.82) is 0 Å². The lowest BCUT2D eigenvalue weighted by Crippen LogP contribution is -2.72. The molecule has 1 atom stereocenters. The average molecular weight is 418 g/mol. The summed E-state index contributed by atoms with van der Waals surface area (Å²) in [5.74, 6) is -40.7. The van der Waals surface area contributed by atoms with Crippen molar-refractivity contribution >= 4 is 0 Å². The summed E-state index contributed by atoms with van der Waals surface area (Å²) >= 11 is 0. The fourth-order valence-electron chi connectivity index (χ4n) is 1.16. The summed E-state index contributed by atoms with van der Waals surface area (Å²) in [4.78, 5) is 0. The molecule has 1 unspecified atom stereocenters. The van der Waals surface area contributed by atoms with Crippen LogP contribution in [0, 0.1) is 0 Å². The summed E-state index contributed by atoms with van der Waals surface area (Å²) in [6, 6.07) is 0. The molecule has 0 saturated heterocycles. The van der Waals surface area contributed by atoms with Gasteiger partial charge in [-0.2, -0.15) is 65.9 Å². The van der Waals surface area contributed by atoms with Crippen LogP contribution in [0.4, 0.5) is 70.2 Å². The highest BCUT2D eigenvalue weighted by atomic mass is 19.4. The first-order valence-corrected chi connectivity index (χ1v) is 5.10. The normalized spacial score (nSPS) is 17.6. The monoisotopic (exact) mass is 418 g/mol. The topological polar surface area (TPSA) is 20.2 Å². The minimum atomic E-state index is -8.40. The molecule has 0 aliphatic carbocycles. The average Bonchev–Trinajstić information content (AvgIpc) is 2.34. The molecule has 0 aliphatic heterocycles. The zero-order valence-corrected chi connectivity index (χ0v) is 10.6. The molecule has 17 heteroatoms. The highest BCUT2D eigenvalue weighted by molar-refractivity contribution is 5.12. The molecule has 0 spiro atoms. The molecule has 0 amide bonds. The van der Waals surface area contributed by atoms with Gasteiger partial charge in [-0.05, 0) is 0 Å². The molecule has 152 valence electrons. The molecular weight excluding hydrogens is 416 g/mol. The first kappa shape index (κ1) is 23.8. The Bertz CT molecular complexity index is 483. The Kier molecular flexibility index (Phi) is 5.41. The minimum absolute atomic E-state index is 6.07. The van der Waals surface area contributed by atoms with Crippen molar-refractivity contribution in [2.24, 2.45) is 0 Å². The molecule has 0 fully saturated rings. The SMILES string of the molecule is OC(F)(F)C(F)C(F)(F)C(F)(F)C(F)(F)C(F)(F)C(F)(F)C(F)(F)F. The molecule has 1 nitrogen and oxygen atoms in total. The number of rotatable bonds is 6. The van der Waals surface area contributed by atoms with Gasteiger partial charge in [-0.15, -0.1) is 0 Å². The fourth-order valence-corrected chi connectivity index (χ4v) is 1.16. The van der Waals surface area contributed by atoms with Crippen molar-refractivity contribution in [3.05, 3.63) is 0 Å². The van der Waals surface area contributed by atoms with Crippen molar-refractivity contribution < 1.29 is 75.4 Å². The third-order valence-electron chi connectivity index (χ3n) is 2.58. The fraction of sp³-hybridized carbons (Fsp3) is 1.00. The Balaban J connectivity index is 6.40. The van der Waals surface area contributed by atoms with Crippen LogP contribution in [0.25, 0.3) is 0 Å². The lowest BCUT2D eigenvalue weighted by Gasteiger charge is -2.40. The number of hydrogen-bond donors (Lipinski definition) is 1. The maximum Gasteiger partial charge on any atom is 0.460 e. The number of halogens is 16. The van der Waals surface area contributed by atoms with Crippen molar-refractivity contribution in [2.45, 2.75) is 48.1 Å². The van der Waals surface area contributed by atoms with E-state index < -0.39 is 48.1 Å². The van der Waals surface area contributed by atoms with Gasteiger partial charge >= 0.3 is 41.9 Å². The molecule has 25 heavy (non-hydrogen) atoms. The third-order valence-corrected chi connectivity index (χ3v) is 2.58. The van der Waals surface area contributed by atoms with E-state index in [0.29, 0.717) is 0 Å². The second-order valence-electron chi connectivity index (χ2n) is 4.37. The highest BCUT2D eigenvalue weighted by Gasteiger charge is 2.92. The van der Waals surface area contributed by atoms with E-state index in [0.717, 1.165) is 0 Å². The Morgan fingerprint density at radius 3 is 1.00 bits per heavy atom. The molecular formula is C8H2F16O. The third kappa shape index (κ3) is 3.18. The second kappa shape index (κ2) is 5.67. The molecule has 1 N–H and O–H groups in total. The summed E-state index contributed by atoms with van der Waals surface area (Å²) in [5.41, 5.74) is 0. The van der Waals surface area contributed by atoms with Crippen molar-refractivity contribution in [3.8, 4) is 0 Å². The highest BCUT2D eigenvalue weighted by Crippen LogP contribution is 2.61. The van der Waals surface area contributed by atoms with E-state index in [1.54, 1.807) is 0 Å². The summed E-state index contributed by atoms with van der Waals surface area (Å²) in [6.07, 6.45) is -20.3. The van der Waals surface area contributed by atoms with Gasteiger partial charge in [0.2, 0.25) is 0 Å². The Morgan fingerprint density at radius 1 is 0.480 bits per heavy atom. The van der Waals surface area contributed by atoms with Gasteiger partial charge < -0.3 is 5.11 Å². The van der Waals surface area contributed by atoms with E-state index >= 15 is 0 Å². The second-order valence-corrected chi connectivity index (χ2v) is 4.37. The molecule has 0 aromatic heterocycles. The van der Waals surface area contributed by atoms with Gasteiger partial charge in [0, 0.05) is 0 Å². The van der Waals surface area contributed by atoms with Crippen LogP contribution in [0.5, 0.6) is 0 Å². The van der Waals surface area contributed by atoms with E-state index in [1.165, 1.54) is 0 Å². The van der Waals surface area contributed by atoms with Crippen LogP contribution >= 0.6 is 0 Å². The first-order chi connectivity index (χ1) is 10.4. The van der Waals surface area contributed by atoms with Crippen LogP contribution in [0.2, 0.25) is 0 Å². The maximum absolute atomic E-state index is 12.8. The predicted molar refractivity (Wildman–Crippen MR) is 42.9 cm³/mol. The summed E-state index contributed by atoms with van der Waals surface area (Å²) in [7, 11) is 0. The zero-order valence-electron chi connectivity index (χ0n) is 10.6. The van der Waals surface area contributed by atoms with Crippen molar-refractivity contribution in [3.63, 3.8) is 0 Å². The van der Waals surface area contributed by atoms with E-state index in [2.05, 4.69) is 0 Å². The smallest absolute Gasteiger partial charge is 0.334 e. The molecule has 0 rings (SSSR count). The van der Waals surface area contributed by atoms with Gasteiger partial charge in [-0.3, -0.25) is 0 Å². The standard InChI is InChI=1S/C8H2F16O/c9-1(3(12,13)25)2(10,11)4(14,15)5(16,17)6(18,19)7(20,21)8(22,23)24/h1,25H. The first-order valence-electron chi connectivity index (χ1n) is 5.10. The van der Waals surface area contributed by atoms with Crippen molar-refractivity contribution in [1.82, 2.24) is 0 Å². The minimum Gasteiger partial charge on any atom is -0.334 e. The van der Waals surface area contributed by atoms with Gasteiger partial charge in [-0.25, -0.2) is 4.39 Å². The van der Waals surface area contributed by atoms with E-state index in [-0.39, 0.29) is 0 Å². The molecule has 0 heterocycles. The van der Waals surface area contributed by atoms with E-state index in [1.807, 2.05) is 0 Å². The van der Waals surface area contributed by atoms with Gasteiger partial charge in [0.05, 0.1) is 0 Å². The molecule has 0 aromatic rings. The van der Waals surface area contributed by atoms with Gasteiger partial charge in [0.25, 0.3) is 6.17 Å². The Morgan fingerprint density at radius 2 is 0.760 bits per heavy atom. The summed E-state index contributed by atoms with van der Waals surface area (Å²) in [5, 5.41) is 7.46. The summed E-state index contributed by atoms with van der Waals surface area (Å²) < 4.78 is 198. The number of aliphatic hydroxyl groups is 1. The van der Waals surface area contributed by atoms with Gasteiger partial charge in [0.15, 0.2) is 0 Å². The van der Waals surface area contributed by atoms with Gasteiger partial charge in [-0.1, -0.05) is 0 Å². The largest absolute Gasteiger partial charge is 0.460 e.